The molecule has 7 nitrogen and oxygen atoms in total. The number of rotatable bonds is 5. The maximum atomic E-state index is 12.3. The summed E-state index contributed by atoms with van der Waals surface area (Å²) in [5, 5.41) is 7.97. The van der Waals surface area contributed by atoms with Crippen molar-refractivity contribution >= 4 is 5.69 Å². The fraction of sp³-hybridized carbons (Fsp3) is 0.286. The second-order valence-electron chi connectivity index (χ2n) is 4.93. The summed E-state index contributed by atoms with van der Waals surface area (Å²) in [6.45, 7) is -0.263. The third-order valence-electron chi connectivity index (χ3n) is 3.12. The Bertz CT molecular complexity index is 766. The summed E-state index contributed by atoms with van der Waals surface area (Å²) in [5.41, 5.74) is 2.36. The van der Waals surface area contributed by atoms with Crippen molar-refractivity contribution in [2.24, 2.45) is 0 Å². The third-order valence-corrected chi connectivity index (χ3v) is 3.12. The van der Waals surface area contributed by atoms with Crippen LogP contribution in [0.25, 0.3) is 22.8 Å². The molecule has 22 heavy (non-hydrogen) atoms. The Morgan fingerprint density at radius 1 is 1.23 bits per heavy atom. The van der Waals surface area contributed by atoms with Crippen molar-refractivity contribution in [3.63, 3.8) is 0 Å². The average molecular weight is 302 g/mol. The zero-order chi connectivity index (χ0) is 15.5. The summed E-state index contributed by atoms with van der Waals surface area (Å²) in [4.78, 5) is 10.4. The molecule has 0 radical (unpaired) electrons. The van der Waals surface area contributed by atoms with Gasteiger partial charge in [0.25, 0.3) is 5.89 Å². The first kappa shape index (κ1) is 14.2. The van der Waals surface area contributed by atoms with Gasteiger partial charge in [-0.1, -0.05) is 5.16 Å². The molecule has 3 aromatic heterocycles. The van der Waals surface area contributed by atoms with Crippen molar-refractivity contribution in [3.8, 4) is 22.8 Å². The highest BCUT2D eigenvalue weighted by molar-refractivity contribution is 5.62. The predicted molar refractivity (Wildman–Crippen MR) is 79.1 cm³/mol. The number of alkyl halides is 1. The van der Waals surface area contributed by atoms with Crippen LogP contribution in [0, 0.1) is 0 Å². The number of hydrogen-bond donors (Lipinski definition) is 0. The molecule has 8 heteroatoms. The lowest BCUT2D eigenvalue weighted by Crippen LogP contribution is -2.08. The van der Waals surface area contributed by atoms with E-state index >= 15 is 0 Å². The van der Waals surface area contributed by atoms with Crippen molar-refractivity contribution in [3.05, 3.63) is 30.9 Å². The molecule has 0 aliphatic heterocycles. The van der Waals surface area contributed by atoms with Crippen LogP contribution >= 0.6 is 0 Å². The number of hydrogen-bond acceptors (Lipinski definition) is 6. The van der Waals surface area contributed by atoms with E-state index in [1.165, 1.54) is 4.68 Å². The Labute approximate surface area is 126 Å². The first-order valence-corrected chi connectivity index (χ1v) is 6.72. The lowest BCUT2D eigenvalue weighted by Gasteiger charge is -2.11. The van der Waals surface area contributed by atoms with Gasteiger partial charge in [0.1, 0.15) is 6.67 Å². The van der Waals surface area contributed by atoms with E-state index in [0.717, 1.165) is 11.3 Å². The molecule has 3 heterocycles. The molecule has 3 aromatic rings. The number of anilines is 1. The lowest BCUT2D eigenvalue weighted by atomic mass is 10.2. The molecule has 114 valence electrons. The maximum Gasteiger partial charge on any atom is 0.259 e. The first-order valence-electron chi connectivity index (χ1n) is 6.72. The minimum absolute atomic E-state index is 0.208. The summed E-state index contributed by atoms with van der Waals surface area (Å²) in [6.07, 6.45) is 6.68. The van der Waals surface area contributed by atoms with Crippen molar-refractivity contribution in [1.29, 1.82) is 0 Å². The molecule has 0 aromatic carbocycles. The smallest absolute Gasteiger partial charge is 0.259 e. The maximum absolute atomic E-state index is 12.3. The number of aromatic nitrogens is 5. The van der Waals surface area contributed by atoms with Crippen LogP contribution in [-0.2, 0) is 6.54 Å². The van der Waals surface area contributed by atoms with Gasteiger partial charge in [-0.05, 0) is 6.07 Å². The summed E-state index contributed by atoms with van der Waals surface area (Å²) in [5.74, 6) is 0.791. The molecule has 0 atom stereocenters. The molecule has 0 saturated heterocycles. The molecular weight excluding hydrogens is 287 g/mol. The van der Waals surface area contributed by atoms with E-state index in [1.807, 2.05) is 25.1 Å². The highest BCUT2D eigenvalue weighted by Crippen LogP contribution is 2.24. The van der Waals surface area contributed by atoms with Gasteiger partial charge >= 0.3 is 0 Å². The van der Waals surface area contributed by atoms with Crippen molar-refractivity contribution in [2.45, 2.75) is 6.54 Å². The highest BCUT2D eigenvalue weighted by atomic mass is 19.1. The van der Waals surface area contributed by atoms with E-state index in [2.05, 4.69) is 20.2 Å². The Hall–Kier alpha value is -2.77. The van der Waals surface area contributed by atoms with E-state index in [1.54, 1.807) is 24.8 Å². The minimum atomic E-state index is -0.471. The number of nitrogens with zero attached hydrogens (tertiary/aromatic N) is 6. The topological polar surface area (TPSA) is 72.9 Å². The molecule has 0 N–H and O–H groups in total. The molecule has 0 spiro atoms. The summed E-state index contributed by atoms with van der Waals surface area (Å²) < 4.78 is 19.1. The zero-order valence-electron chi connectivity index (χ0n) is 12.3. The summed E-state index contributed by atoms with van der Waals surface area (Å²) in [6, 6.07) is 1.91. The van der Waals surface area contributed by atoms with Crippen LogP contribution in [0.5, 0.6) is 0 Å². The van der Waals surface area contributed by atoms with Crippen LogP contribution in [0.2, 0.25) is 0 Å². The quantitative estimate of drug-likeness (QED) is 0.718. The van der Waals surface area contributed by atoms with E-state index < -0.39 is 6.67 Å². The predicted octanol–water partition coefficient (Wildman–Crippen LogP) is 2.03. The van der Waals surface area contributed by atoms with Crippen LogP contribution in [0.15, 0.2) is 35.4 Å². The normalized spacial score (nSPS) is 10.9. The minimum Gasteiger partial charge on any atom is -0.376 e. The first-order chi connectivity index (χ1) is 10.7. The molecule has 0 bridgehead atoms. The van der Waals surface area contributed by atoms with Crippen LogP contribution in [-0.4, -0.2) is 45.7 Å². The molecule has 0 unspecified atom stereocenters. The second-order valence-corrected chi connectivity index (χ2v) is 4.93. The van der Waals surface area contributed by atoms with E-state index in [-0.39, 0.29) is 6.54 Å². The second kappa shape index (κ2) is 5.92. The van der Waals surface area contributed by atoms with Gasteiger partial charge in [-0.25, -0.2) is 4.39 Å². The van der Waals surface area contributed by atoms with Gasteiger partial charge in [-0.3, -0.25) is 9.67 Å². The van der Waals surface area contributed by atoms with E-state index in [9.17, 15) is 4.39 Å². The van der Waals surface area contributed by atoms with Gasteiger partial charge in [0.05, 0.1) is 35.8 Å². The number of aryl methyl sites for hydroxylation is 1. The zero-order valence-corrected chi connectivity index (χ0v) is 12.3. The van der Waals surface area contributed by atoms with E-state index in [4.69, 9.17) is 4.52 Å². The van der Waals surface area contributed by atoms with E-state index in [0.29, 0.717) is 17.3 Å². The highest BCUT2D eigenvalue weighted by Gasteiger charge is 2.13. The molecule has 0 aliphatic rings. The molecule has 0 fully saturated rings. The summed E-state index contributed by atoms with van der Waals surface area (Å²) in [7, 11) is 3.86. The van der Waals surface area contributed by atoms with Crippen LogP contribution in [0.1, 0.15) is 0 Å². The van der Waals surface area contributed by atoms with Gasteiger partial charge in [0.15, 0.2) is 0 Å². The fourth-order valence-electron chi connectivity index (χ4n) is 1.94. The monoisotopic (exact) mass is 302 g/mol. The molecule has 0 saturated carbocycles. The van der Waals surface area contributed by atoms with Crippen molar-refractivity contribution in [1.82, 2.24) is 24.9 Å². The van der Waals surface area contributed by atoms with Gasteiger partial charge in [0, 0.05) is 26.5 Å². The lowest BCUT2D eigenvalue weighted by molar-refractivity contribution is 0.427. The third kappa shape index (κ3) is 2.80. The van der Waals surface area contributed by atoms with Crippen LogP contribution < -0.4 is 4.90 Å². The Morgan fingerprint density at radius 3 is 2.86 bits per heavy atom. The Kier molecular flexibility index (Phi) is 3.82. The van der Waals surface area contributed by atoms with Gasteiger partial charge in [-0.2, -0.15) is 10.1 Å². The van der Waals surface area contributed by atoms with Crippen molar-refractivity contribution in [2.75, 3.05) is 25.7 Å². The van der Waals surface area contributed by atoms with Gasteiger partial charge in [0.2, 0.25) is 5.82 Å². The molecule has 3 rings (SSSR count). The van der Waals surface area contributed by atoms with Gasteiger partial charge in [-0.15, -0.1) is 0 Å². The SMILES string of the molecule is CN(C)c1cncc(-c2nc(-c3cnn(CCF)c3)no2)c1. The van der Waals surface area contributed by atoms with Crippen LogP contribution in [0.4, 0.5) is 10.1 Å². The van der Waals surface area contributed by atoms with Gasteiger partial charge < -0.3 is 9.42 Å². The molecule has 0 aliphatic carbocycles. The Balaban J connectivity index is 1.88. The van der Waals surface area contributed by atoms with Crippen LogP contribution in [0.3, 0.4) is 0 Å². The fourth-order valence-corrected chi connectivity index (χ4v) is 1.94. The standard InChI is InChI=1S/C14H15FN6O/c1-20(2)12-5-10(6-16-8-12)14-18-13(19-22-14)11-7-17-21(9-11)4-3-15/h5-9H,3-4H2,1-2H3. The van der Waals surface area contributed by atoms with Crippen molar-refractivity contribution < 1.29 is 8.91 Å². The Morgan fingerprint density at radius 2 is 2.09 bits per heavy atom. The number of pyridine rings is 1. The summed E-state index contributed by atoms with van der Waals surface area (Å²) >= 11 is 0. The molecular formula is C14H15FN6O. The number of halogens is 1. The average Bonchev–Trinajstić information content (AvgIpc) is 3.16. The largest absolute Gasteiger partial charge is 0.376 e. The molecule has 0 amide bonds.